The molecule has 8 aromatic carbocycles. The van der Waals surface area contributed by atoms with Crippen molar-refractivity contribution in [1.82, 2.24) is 14.5 Å². The minimum atomic E-state index is -2.03. The van der Waals surface area contributed by atoms with Gasteiger partial charge in [-0.05, 0) is 44.8 Å². The van der Waals surface area contributed by atoms with Crippen LogP contribution in [0.25, 0.3) is 92.6 Å². The molecule has 0 aliphatic carbocycles. The van der Waals surface area contributed by atoms with E-state index < -0.39 is 19.2 Å². The zero-order valence-corrected chi connectivity index (χ0v) is 42.1. The van der Waals surface area contributed by atoms with E-state index in [0.29, 0.717) is 0 Å². The smallest absolute Gasteiger partial charge is 0 e. The predicted octanol–water partition coefficient (Wildman–Crippen LogP) is 15.7. The first-order chi connectivity index (χ1) is 31.4. The summed E-state index contributed by atoms with van der Waals surface area (Å²) >= 11 is -0.434. The number of aromatic nitrogens is 3. The number of rotatable bonds is 7. The minimum Gasteiger partial charge on any atom is 0 e. The van der Waals surface area contributed by atoms with Crippen molar-refractivity contribution in [3.05, 3.63) is 206 Å². The summed E-state index contributed by atoms with van der Waals surface area (Å²) in [5.74, 6) is 7.02. The molecule has 0 amide bonds. The van der Waals surface area contributed by atoms with Gasteiger partial charge in [0.1, 0.15) is 5.82 Å². The van der Waals surface area contributed by atoms with Crippen LogP contribution < -0.4 is 4.40 Å². The van der Waals surface area contributed by atoms with Crippen LogP contribution >= 0.6 is 11.3 Å². The minimum absolute atomic E-state index is 0. The topological polar surface area (TPSA) is 30.7 Å². The number of pyridine rings is 1. The Balaban J connectivity index is 0.000000221. The molecule has 65 heavy (non-hydrogen) atoms. The zero-order chi connectivity index (χ0) is 44.9. The van der Waals surface area contributed by atoms with E-state index in [-0.39, 0.29) is 25.9 Å². The van der Waals surface area contributed by atoms with Crippen molar-refractivity contribution in [2.24, 2.45) is 0 Å². The molecular formula is C58H46FGeIrN3S-2. The van der Waals surface area contributed by atoms with Crippen molar-refractivity contribution in [2.45, 2.75) is 37.0 Å². The first-order valence-electron chi connectivity index (χ1n) is 22.1. The maximum Gasteiger partial charge on any atom is 0 e. The van der Waals surface area contributed by atoms with E-state index in [9.17, 15) is 4.39 Å². The fraction of sp³-hybridized carbons (Fsp3) is 0.103. The van der Waals surface area contributed by atoms with Crippen LogP contribution in [0.4, 0.5) is 4.39 Å². The molecule has 7 heteroatoms. The van der Waals surface area contributed by atoms with Crippen LogP contribution in [0.5, 0.6) is 0 Å². The van der Waals surface area contributed by atoms with Crippen molar-refractivity contribution in [3.8, 4) is 50.6 Å². The van der Waals surface area contributed by atoms with Crippen molar-refractivity contribution in [2.75, 3.05) is 0 Å². The molecule has 0 saturated carbocycles. The maximum atomic E-state index is 14.4. The quantitative estimate of drug-likeness (QED) is 0.118. The summed E-state index contributed by atoms with van der Waals surface area (Å²) in [5.41, 5.74) is 11.4. The SMILES string of the molecule is Fc1ccc2c(c1)sc1c(-c3nc4ccc5ccccc5c4n3-c3c(-c4ccccc4)cccc3-c3ccccc3)[c-]ccc12.[2H]C(C)(C)c1cc(-c2[c-]cccc2)nc[c]1[Ge]([CH3])([CH3])[CH3].[Ir]. The Morgan fingerprint density at radius 2 is 1.37 bits per heavy atom. The second-order valence-corrected chi connectivity index (χ2v) is 29.0. The molecule has 11 rings (SSSR count). The van der Waals surface area contributed by atoms with E-state index in [1.165, 1.54) is 10.5 Å². The van der Waals surface area contributed by atoms with Crippen molar-refractivity contribution >= 4 is 71.0 Å². The van der Waals surface area contributed by atoms with Gasteiger partial charge in [-0.15, -0.1) is 18.2 Å². The third-order valence-electron chi connectivity index (χ3n) is 11.8. The van der Waals surface area contributed by atoms with E-state index in [4.69, 9.17) is 6.35 Å². The number of benzene rings is 8. The van der Waals surface area contributed by atoms with E-state index in [1.807, 2.05) is 56.4 Å². The van der Waals surface area contributed by atoms with Crippen LogP contribution in [0, 0.1) is 17.9 Å². The van der Waals surface area contributed by atoms with Gasteiger partial charge < -0.3 is 4.57 Å². The third-order valence-corrected chi connectivity index (χ3v) is 17.2. The molecule has 0 unspecified atom stereocenters. The molecule has 0 bridgehead atoms. The maximum absolute atomic E-state index is 14.4. The summed E-state index contributed by atoms with van der Waals surface area (Å²) in [5, 5.41) is 4.39. The fourth-order valence-corrected chi connectivity index (χ4v) is 13.3. The standard InChI is InChI=1S/C41H24FN2S.C17H22GeN.Ir/c42-29-22-23-33-34-19-10-20-35(40(34)45-37(33)25-29)41-43-36-24-21-28-15-7-8-16-32(28)39(36)44(41)38-30(26-11-3-1-4-12-26)17-9-18-31(38)27-13-5-2-6-14-27;1-13(2)15-11-17(14-9-7-6-8-10-14)19-12-16(15)18(3,4)5;/h1-19,21-25H;6-9,11-13H,1-5H3;/q2*-1;/i;13D;. The van der Waals surface area contributed by atoms with Gasteiger partial charge in [0, 0.05) is 41.3 Å². The van der Waals surface area contributed by atoms with E-state index in [0.717, 1.165) is 98.1 Å². The Hall–Kier alpha value is -6.02. The summed E-state index contributed by atoms with van der Waals surface area (Å²) < 4.78 is 28.4. The zero-order valence-electron chi connectivity index (χ0n) is 37.8. The third kappa shape index (κ3) is 8.53. The summed E-state index contributed by atoms with van der Waals surface area (Å²) in [6, 6.07) is 66.2. The Bertz CT molecular complexity index is 3470. The second-order valence-electron chi connectivity index (χ2n) is 17.3. The van der Waals surface area contributed by atoms with Gasteiger partial charge in [-0.25, -0.2) is 4.39 Å². The average Bonchev–Trinajstić information content (AvgIpc) is 3.90. The van der Waals surface area contributed by atoms with E-state index >= 15 is 0 Å². The average molecular weight is 1100 g/mol. The van der Waals surface area contributed by atoms with Gasteiger partial charge in [-0.3, -0.25) is 4.98 Å². The number of hydrogen-bond acceptors (Lipinski definition) is 3. The van der Waals surface area contributed by atoms with E-state index in [1.54, 1.807) is 17.4 Å². The molecular weight excluding hydrogens is 1050 g/mol. The molecule has 1 radical (unpaired) electrons. The molecule has 0 atom stereocenters. The monoisotopic (exact) mass is 1100 g/mol. The fourth-order valence-electron chi connectivity index (χ4n) is 8.76. The van der Waals surface area contributed by atoms with Crippen LogP contribution in [0.15, 0.2) is 182 Å². The Morgan fingerprint density at radius 3 is 2.05 bits per heavy atom. The Labute approximate surface area is 401 Å². The predicted molar refractivity (Wildman–Crippen MR) is 272 cm³/mol. The summed E-state index contributed by atoms with van der Waals surface area (Å²) in [6.45, 7) is 3.91. The number of halogens is 1. The van der Waals surface area contributed by atoms with Crippen LogP contribution in [0.1, 0.15) is 26.7 Å². The molecule has 3 heterocycles. The normalized spacial score (nSPS) is 11.9. The van der Waals surface area contributed by atoms with Gasteiger partial charge in [0.2, 0.25) is 0 Å². The molecule has 0 N–H and O–H groups in total. The first kappa shape index (κ1) is 42.9. The molecule has 0 aliphatic heterocycles. The van der Waals surface area contributed by atoms with Gasteiger partial charge in [-0.2, -0.15) is 11.3 Å². The van der Waals surface area contributed by atoms with Crippen LogP contribution in [0.2, 0.25) is 17.3 Å². The number of fused-ring (bicyclic) bond motifs is 6. The second kappa shape index (κ2) is 18.5. The number of nitrogens with zero attached hydrogens (tertiary/aromatic N) is 3. The van der Waals surface area contributed by atoms with Gasteiger partial charge in [0.05, 0.1) is 22.5 Å². The Kier molecular flexibility index (Phi) is 12.2. The molecule has 0 aliphatic rings. The molecule has 11 aromatic rings. The molecule has 321 valence electrons. The van der Waals surface area contributed by atoms with Gasteiger partial charge in [0.25, 0.3) is 0 Å². The van der Waals surface area contributed by atoms with Crippen LogP contribution in [0.3, 0.4) is 0 Å². The molecule has 3 nitrogen and oxygen atoms in total. The number of hydrogen-bond donors (Lipinski definition) is 0. The van der Waals surface area contributed by atoms with Crippen molar-refractivity contribution < 1.29 is 25.9 Å². The summed E-state index contributed by atoms with van der Waals surface area (Å²) in [6.07, 6.45) is 2.00. The molecule has 0 fully saturated rings. The first-order valence-corrected chi connectivity index (χ1v) is 29.8. The van der Waals surface area contributed by atoms with Crippen molar-refractivity contribution in [3.63, 3.8) is 0 Å². The van der Waals surface area contributed by atoms with Crippen LogP contribution in [-0.2, 0) is 20.1 Å². The van der Waals surface area contributed by atoms with Gasteiger partial charge in [-0.1, -0.05) is 126 Å². The van der Waals surface area contributed by atoms with Gasteiger partial charge in [0.15, 0.2) is 0 Å². The molecule has 0 saturated heterocycles. The molecule has 3 aromatic heterocycles. The summed E-state index contributed by atoms with van der Waals surface area (Å²) in [7, 11) is 0. The van der Waals surface area contributed by atoms with Crippen LogP contribution in [-0.4, -0.2) is 27.8 Å². The Morgan fingerprint density at radius 1 is 0.677 bits per heavy atom. The number of imidazole rings is 1. The number of para-hydroxylation sites is 1. The van der Waals surface area contributed by atoms with Crippen molar-refractivity contribution in [1.29, 1.82) is 0 Å². The molecule has 0 spiro atoms. The largest absolute Gasteiger partial charge is 0 e. The summed E-state index contributed by atoms with van der Waals surface area (Å²) in [4.78, 5) is 10.0. The van der Waals surface area contributed by atoms with E-state index in [2.05, 4.69) is 166 Å². The van der Waals surface area contributed by atoms with Gasteiger partial charge >= 0.3 is 120 Å². The number of thiophene rings is 1.